The monoisotopic (exact) mass is 328 g/mol. The van der Waals surface area contributed by atoms with Crippen LogP contribution in [0.15, 0.2) is 0 Å². The minimum absolute atomic E-state index is 0.00916. The third-order valence-corrected chi connectivity index (χ3v) is 3.60. The average molecular weight is 328 g/mol. The lowest BCUT2D eigenvalue weighted by Crippen LogP contribution is -2.55. The van der Waals surface area contributed by atoms with Gasteiger partial charge in [-0.1, -0.05) is 6.42 Å². The fourth-order valence-corrected chi connectivity index (χ4v) is 2.73. The number of carbonyl (C=O) groups excluding carboxylic acids is 3. The van der Waals surface area contributed by atoms with E-state index in [9.17, 15) is 14.4 Å². The van der Waals surface area contributed by atoms with E-state index < -0.39 is 23.6 Å². The Bertz CT molecular complexity index is 447. The van der Waals surface area contributed by atoms with E-state index in [-0.39, 0.29) is 18.6 Å². The molecule has 8 heteroatoms. The topological polar surface area (TPSA) is 114 Å². The van der Waals surface area contributed by atoms with Gasteiger partial charge in [0.2, 0.25) is 5.91 Å². The number of imide groups is 1. The number of amides is 4. The average Bonchev–Trinajstić information content (AvgIpc) is 2.35. The van der Waals surface area contributed by atoms with Crippen LogP contribution in [0.2, 0.25) is 0 Å². The maximum atomic E-state index is 11.9. The Kier molecular flexibility index (Phi) is 6.80. The number of nitrogens with one attached hydrogen (secondary N) is 2. The normalized spacial score (nSPS) is 20.4. The number of alkyl carbamates (subject to hydrolysis) is 1. The van der Waals surface area contributed by atoms with Gasteiger partial charge in [0.15, 0.2) is 0 Å². The lowest BCUT2D eigenvalue weighted by molar-refractivity contribution is -0.122. The van der Waals surface area contributed by atoms with Gasteiger partial charge in [-0.2, -0.15) is 0 Å². The molecule has 1 saturated heterocycles. The summed E-state index contributed by atoms with van der Waals surface area (Å²) < 4.78 is 5.26. The minimum atomic E-state index is -0.858. The van der Waals surface area contributed by atoms with Crippen LogP contribution in [0.3, 0.4) is 0 Å². The SMILES string of the molecule is C[C@H](NC(=O)OC(C)(C)C)[C@H]1CCCCN1CC(=O)NC(N)=O. The number of carbonyl (C=O) groups is 3. The molecule has 1 aliphatic rings. The van der Waals surface area contributed by atoms with Crippen molar-refractivity contribution in [3.8, 4) is 0 Å². The van der Waals surface area contributed by atoms with Crippen LogP contribution in [0, 0.1) is 0 Å². The first-order chi connectivity index (χ1) is 10.6. The first-order valence-corrected chi connectivity index (χ1v) is 7.91. The summed E-state index contributed by atoms with van der Waals surface area (Å²) in [6.07, 6.45) is 2.39. The van der Waals surface area contributed by atoms with Crippen LogP contribution in [-0.4, -0.2) is 53.7 Å². The van der Waals surface area contributed by atoms with E-state index in [1.54, 1.807) is 20.8 Å². The number of ether oxygens (including phenoxy) is 1. The second kappa shape index (κ2) is 8.14. The fourth-order valence-electron chi connectivity index (χ4n) is 2.73. The van der Waals surface area contributed by atoms with Crippen molar-refractivity contribution in [2.45, 2.75) is 64.6 Å². The number of likely N-dealkylation sites (tertiary alicyclic amines) is 1. The molecule has 2 atom stereocenters. The van der Waals surface area contributed by atoms with Gasteiger partial charge in [0.1, 0.15) is 5.60 Å². The van der Waals surface area contributed by atoms with Crippen molar-refractivity contribution < 1.29 is 19.1 Å². The fraction of sp³-hybridized carbons (Fsp3) is 0.800. The summed E-state index contributed by atoms with van der Waals surface area (Å²) >= 11 is 0. The molecule has 0 radical (unpaired) electrons. The molecule has 0 bridgehead atoms. The molecule has 1 fully saturated rings. The van der Waals surface area contributed by atoms with Gasteiger partial charge in [0, 0.05) is 12.1 Å². The largest absolute Gasteiger partial charge is 0.444 e. The van der Waals surface area contributed by atoms with E-state index >= 15 is 0 Å². The quantitative estimate of drug-likeness (QED) is 0.711. The van der Waals surface area contributed by atoms with Crippen molar-refractivity contribution in [2.75, 3.05) is 13.1 Å². The Morgan fingerprint density at radius 3 is 2.52 bits per heavy atom. The molecule has 1 aliphatic heterocycles. The van der Waals surface area contributed by atoms with Crippen molar-refractivity contribution >= 4 is 18.0 Å². The number of nitrogens with two attached hydrogens (primary N) is 1. The predicted octanol–water partition coefficient (Wildman–Crippen LogP) is 0.949. The van der Waals surface area contributed by atoms with Crippen LogP contribution in [0.1, 0.15) is 47.0 Å². The summed E-state index contributed by atoms with van der Waals surface area (Å²) in [6.45, 7) is 8.11. The van der Waals surface area contributed by atoms with Gasteiger partial charge in [0.05, 0.1) is 6.54 Å². The van der Waals surface area contributed by atoms with Crippen molar-refractivity contribution in [1.29, 1.82) is 0 Å². The lowest BCUT2D eigenvalue weighted by Gasteiger charge is -2.39. The van der Waals surface area contributed by atoms with Gasteiger partial charge in [-0.05, 0) is 47.1 Å². The molecule has 0 aliphatic carbocycles. The predicted molar refractivity (Wildman–Crippen MR) is 85.8 cm³/mol. The molecule has 1 rings (SSSR count). The number of primary amides is 1. The van der Waals surface area contributed by atoms with Crippen molar-refractivity contribution in [2.24, 2.45) is 5.73 Å². The van der Waals surface area contributed by atoms with Gasteiger partial charge < -0.3 is 15.8 Å². The molecule has 8 nitrogen and oxygen atoms in total. The van der Waals surface area contributed by atoms with Gasteiger partial charge in [-0.25, -0.2) is 9.59 Å². The first kappa shape index (κ1) is 19.2. The lowest BCUT2D eigenvalue weighted by atomic mass is 9.96. The molecule has 4 amide bonds. The van der Waals surface area contributed by atoms with Crippen LogP contribution < -0.4 is 16.4 Å². The summed E-state index contributed by atoms with van der Waals surface area (Å²) in [5, 5.41) is 4.89. The highest BCUT2D eigenvalue weighted by atomic mass is 16.6. The van der Waals surface area contributed by atoms with E-state index in [4.69, 9.17) is 10.5 Å². The first-order valence-electron chi connectivity index (χ1n) is 7.91. The zero-order valence-corrected chi connectivity index (χ0v) is 14.3. The summed E-state index contributed by atoms with van der Waals surface area (Å²) in [5.41, 5.74) is 4.40. The van der Waals surface area contributed by atoms with Crippen molar-refractivity contribution in [3.63, 3.8) is 0 Å². The second-order valence-corrected chi connectivity index (χ2v) is 6.88. The van der Waals surface area contributed by atoms with Gasteiger partial charge in [-0.15, -0.1) is 0 Å². The molecule has 0 spiro atoms. The van der Waals surface area contributed by atoms with Crippen LogP contribution in [0.25, 0.3) is 0 Å². The molecule has 0 aromatic heterocycles. The Balaban J connectivity index is 2.60. The number of hydrogen-bond acceptors (Lipinski definition) is 5. The maximum Gasteiger partial charge on any atom is 0.407 e. The van der Waals surface area contributed by atoms with Crippen molar-refractivity contribution in [3.05, 3.63) is 0 Å². The molecule has 4 N–H and O–H groups in total. The zero-order valence-electron chi connectivity index (χ0n) is 14.3. The van der Waals surface area contributed by atoms with Gasteiger partial charge in [-0.3, -0.25) is 15.0 Å². The Morgan fingerprint density at radius 1 is 1.30 bits per heavy atom. The molecular weight excluding hydrogens is 300 g/mol. The standard InChI is InChI=1S/C15H28N4O4/c1-10(17-14(22)23-15(2,3)4)11-7-5-6-8-19(11)9-12(20)18-13(16)21/h10-11H,5-9H2,1-4H3,(H,17,22)(H3,16,18,20,21)/t10-,11+/m0/s1. The highest BCUT2D eigenvalue weighted by Crippen LogP contribution is 2.20. The van der Waals surface area contributed by atoms with E-state index in [0.29, 0.717) is 0 Å². The summed E-state index contributed by atoms with van der Waals surface area (Å²) in [6, 6.07) is -1.02. The molecule has 132 valence electrons. The summed E-state index contributed by atoms with van der Waals surface area (Å²) in [7, 11) is 0. The van der Waals surface area contributed by atoms with Crippen LogP contribution >= 0.6 is 0 Å². The number of piperidine rings is 1. The van der Waals surface area contributed by atoms with E-state index in [1.165, 1.54) is 0 Å². The molecule has 23 heavy (non-hydrogen) atoms. The van der Waals surface area contributed by atoms with E-state index in [2.05, 4.69) is 10.6 Å². The second-order valence-electron chi connectivity index (χ2n) is 6.88. The van der Waals surface area contributed by atoms with E-state index in [0.717, 1.165) is 25.8 Å². The Labute approximate surface area is 137 Å². The van der Waals surface area contributed by atoms with Crippen molar-refractivity contribution in [1.82, 2.24) is 15.5 Å². The molecule has 1 heterocycles. The number of rotatable bonds is 4. The van der Waals surface area contributed by atoms with Gasteiger partial charge in [0.25, 0.3) is 0 Å². The molecule has 0 aromatic carbocycles. The Morgan fingerprint density at radius 2 is 1.96 bits per heavy atom. The third-order valence-electron chi connectivity index (χ3n) is 3.60. The van der Waals surface area contributed by atoms with Crippen LogP contribution in [-0.2, 0) is 9.53 Å². The molecule has 0 saturated carbocycles. The van der Waals surface area contributed by atoms with E-state index in [1.807, 2.05) is 11.8 Å². The molecule has 0 unspecified atom stereocenters. The number of nitrogens with zero attached hydrogens (tertiary/aromatic N) is 1. The number of hydrogen-bond donors (Lipinski definition) is 3. The molecule has 0 aromatic rings. The van der Waals surface area contributed by atoms with Crippen LogP contribution in [0.4, 0.5) is 9.59 Å². The summed E-state index contributed by atoms with van der Waals surface area (Å²) in [5.74, 6) is -0.436. The molecular formula is C15H28N4O4. The van der Waals surface area contributed by atoms with Crippen LogP contribution in [0.5, 0.6) is 0 Å². The minimum Gasteiger partial charge on any atom is -0.444 e. The summed E-state index contributed by atoms with van der Waals surface area (Å²) in [4.78, 5) is 36.3. The highest BCUT2D eigenvalue weighted by molar-refractivity contribution is 5.94. The highest BCUT2D eigenvalue weighted by Gasteiger charge is 2.30. The third kappa shape index (κ3) is 7.32. The zero-order chi connectivity index (χ0) is 17.6. The van der Waals surface area contributed by atoms with Gasteiger partial charge >= 0.3 is 12.1 Å². The maximum absolute atomic E-state index is 11.9. The Hall–Kier alpha value is -1.83. The smallest absolute Gasteiger partial charge is 0.407 e. The number of urea groups is 1.